The van der Waals surface area contributed by atoms with Crippen LogP contribution in [0, 0.1) is 0 Å². The van der Waals surface area contributed by atoms with E-state index >= 15 is 0 Å². The molecule has 1 aromatic carbocycles. The predicted molar refractivity (Wildman–Crippen MR) is 102 cm³/mol. The Balaban J connectivity index is 2.41. The lowest BCUT2D eigenvalue weighted by Gasteiger charge is -2.17. The van der Waals surface area contributed by atoms with Crippen molar-refractivity contribution in [1.82, 2.24) is 15.1 Å². The molecule has 2 rings (SSSR count). The number of carbonyl (C=O) groups is 3. The van der Waals surface area contributed by atoms with Crippen LogP contribution in [0.5, 0.6) is 5.75 Å². The van der Waals surface area contributed by atoms with Gasteiger partial charge in [-0.15, -0.1) is 0 Å². The van der Waals surface area contributed by atoms with Gasteiger partial charge in [0.2, 0.25) is 0 Å². The van der Waals surface area contributed by atoms with Crippen molar-refractivity contribution in [3.8, 4) is 5.75 Å². The topological polar surface area (TPSA) is 102 Å². The Bertz CT molecular complexity index is 801. The molecule has 1 atom stereocenters. The number of phenols is 1. The summed E-state index contributed by atoms with van der Waals surface area (Å²) < 4.78 is 0. The Kier molecular flexibility index (Phi) is 6.09. The first kappa shape index (κ1) is 20.3. The largest absolute Gasteiger partial charge is 0.505 e. The fraction of sp³-hybridized carbons (Fsp3) is 0.421. The summed E-state index contributed by atoms with van der Waals surface area (Å²) in [5.41, 5.74) is 0.489. The minimum Gasteiger partial charge on any atom is -0.505 e. The zero-order valence-electron chi connectivity index (χ0n) is 16.3. The number of carbonyl (C=O) groups excluding carboxylic acids is 3. The van der Waals surface area contributed by atoms with Gasteiger partial charge in [0.05, 0.1) is 11.3 Å². The van der Waals surface area contributed by atoms with Crippen molar-refractivity contribution in [2.45, 2.75) is 32.7 Å². The summed E-state index contributed by atoms with van der Waals surface area (Å²) in [7, 11) is 4.56. The van der Waals surface area contributed by atoms with E-state index in [1.54, 1.807) is 20.2 Å². The van der Waals surface area contributed by atoms with Crippen molar-refractivity contribution in [3.05, 3.63) is 35.2 Å². The molecule has 0 aromatic heterocycles. The number of rotatable bonds is 7. The highest BCUT2D eigenvalue weighted by Gasteiger charge is 2.37. The number of para-hydroxylation sites is 1. The zero-order chi connectivity index (χ0) is 20.3. The van der Waals surface area contributed by atoms with Gasteiger partial charge in [0, 0.05) is 27.2 Å². The average Bonchev–Trinajstić information content (AvgIpc) is 2.81. The van der Waals surface area contributed by atoms with Crippen LogP contribution in [-0.2, 0) is 9.59 Å². The summed E-state index contributed by atoms with van der Waals surface area (Å²) in [5, 5.41) is 16.4. The van der Waals surface area contributed by atoms with Crippen molar-refractivity contribution in [2.24, 2.45) is 0 Å². The molecule has 3 amide bonds. The molecule has 8 nitrogen and oxygen atoms in total. The van der Waals surface area contributed by atoms with Crippen molar-refractivity contribution >= 4 is 23.4 Å². The fourth-order valence-electron chi connectivity index (χ4n) is 2.84. The van der Waals surface area contributed by atoms with E-state index in [-0.39, 0.29) is 40.3 Å². The molecule has 8 heteroatoms. The first-order valence-corrected chi connectivity index (χ1v) is 8.82. The number of aromatic hydroxyl groups is 1. The van der Waals surface area contributed by atoms with Crippen LogP contribution in [0.3, 0.4) is 0 Å². The molecule has 1 aromatic rings. The SMILES string of the molecule is CCCC(C)NC1=C(Nc2cccc(C(=O)N(C)C)c2O)C(=O)N(C)C1=O. The molecule has 0 radical (unpaired) electrons. The number of hydrogen-bond donors (Lipinski definition) is 3. The average molecular weight is 374 g/mol. The quantitative estimate of drug-likeness (QED) is 0.494. The molecule has 1 aliphatic rings. The standard InChI is InChI=1S/C19H26N4O4/c1-6-8-11(2)20-14-15(19(27)23(5)18(14)26)21-13-10-7-9-12(16(13)24)17(25)22(3)4/h7,9-11,20-21,24H,6,8H2,1-5H3. The summed E-state index contributed by atoms with van der Waals surface area (Å²) >= 11 is 0. The van der Waals surface area contributed by atoms with Gasteiger partial charge in [-0.2, -0.15) is 0 Å². The normalized spacial score (nSPS) is 15.2. The molecule has 0 saturated heterocycles. The number of benzene rings is 1. The van der Waals surface area contributed by atoms with E-state index in [1.807, 2.05) is 13.8 Å². The maximum Gasteiger partial charge on any atom is 0.279 e. The van der Waals surface area contributed by atoms with Crippen LogP contribution in [0.25, 0.3) is 0 Å². The maximum atomic E-state index is 12.5. The Morgan fingerprint density at radius 3 is 2.44 bits per heavy atom. The van der Waals surface area contributed by atoms with Crippen LogP contribution in [0.1, 0.15) is 37.0 Å². The van der Waals surface area contributed by atoms with Crippen molar-refractivity contribution in [3.63, 3.8) is 0 Å². The molecule has 1 unspecified atom stereocenters. The van der Waals surface area contributed by atoms with Gasteiger partial charge >= 0.3 is 0 Å². The van der Waals surface area contributed by atoms with E-state index in [2.05, 4.69) is 10.6 Å². The van der Waals surface area contributed by atoms with Gasteiger partial charge in [-0.1, -0.05) is 19.4 Å². The Morgan fingerprint density at radius 2 is 1.85 bits per heavy atom. The number of nitrogens with zero attached hydrogens (tertiary/aromatic N) is 2. The van der Waals surface area contributed by atoms with Gasteiger partial charge in [-0.25, -0.2) is 0 Å². The molecule has 0 saturated carbocycles. The van der Waals surface area contributed by atoms with E-state index in [4.69, 9.17) is 0 Å². The Hall–Kier alpha value is -3.03. The summed E-state index contributed by atoms with van der Waals surface area (Å²) in [6, 6.07) is 4.63. The molecular formula is C19H26N4O4. The summed E-state index contributed by atoms with van der Waals surface area (Å²) in [5.74, 6) is -1.59. The molecule has 0 aliphatic carbocycles. The first-order chi connectivity index (χ1) is 12.7. The second-order valence-corrected chi connectivity index (χ2v) is 6.78. The molecule has 1 aliphatic heterocycles. The van der Waals surface area contributed by atoms with Gasteiger partial charge in [0.1, 0.15) is 11.4 Å². The third-order valence-corrected chi connectivity index (χ3v) is 4.33. The molecule has 0 fully saturated rings. The van der Waals surface area contributed by atoms with Crippen LogP contribution in [-0.4, -0.2) is 59.8 Å². The van der Waals surface area contributed by atoms with E-state index in [9.17, 15) is 19.5 Å². The summed E-state index contributed by atoms with van der Waals surface area (Å²) in [6.45, 7) is 3.96. The Labute approximate surface area is 158 Å². The number of anilines is 1. The first-order valence-electron chi connectivity index (χ1n) is 8.82. The number of imide groups is 1. The van der Waals surface area contributed by atoms with Crippen molar-refractivity contribution in [1.29, 1.82) is 0 Å². The van der Waals surface area contributed by atoms with E-state index < -0.39 is 11.8 Å². The predicted octanol–water partition coefficient (Wildman–Crippen LogP) is 1.49. The second-order valence-electron chi connectivity index (χ2n) is 6.78. The molecule has 0 spiro atoms. The van der Waals surface area contributed by atoms with E-state index in [0.717, 1.165) is 17.7 Å². The van der Waals surface area contributed by atoms with Crippen molar-refractivity contribution < 1.29 is 19.5 Å². The zero-order valence-corrected chi connectivity index (χ0v) is 16.3. The minimum atomic E-state index is -0.505. The number of nitrogens with one attached hydrogen (secondary N) is 2. The highest BCUT2D eigenvalue weighted by molar-refractivity contribution is 6.20. The molecule has 3 N–H and O–H groups in total. The van der Waals surface area contributed by atoms with Crippen LogP contribution in [0.15, 0.2) is 29.6 Å². The lowest BCUT2D eigenvalue weighted by atomic mass is 10.1. The van der Waals surface area contributed by atoms with Gasteiger partial charge < -0.3 is 20.6 Å². The van der Waals surface area contributed by atoms with Gasteiger partial charge in [-0.3, -0.25) is 19.3 Å². The van der Waals surface area contributed by atoms with Crippen LogP contribution >= 0.6 is 0 Å². The number of likely N-dealkylation sites (N-methyl/N-ethyl adjacent to an activating group) is 1. The maximum absolute atomic E-state index is 12.5. The third-order valence-electron chi connectivity index (χ3n) is 4.33. The van der Waals surface area contributed by atoms with E-state index in [0.29, 0.717) is 0 Å². The van der Waals surface area contributed by atoms with Crippen LogP contribution < -0.4 is 10.6 Å². The van der Waals surface area contributed by atoms with Gasteiger partial charge in [0.15, 0.2) is 5.75 Å². The fourth-order valence-corrected chi connectivity index (χ4v) is 2.84. The van der Waals surface area contributed by atoms with Crippen LogP contribution in [0.2, 0.25) is 0 Å². The Morgan fingerprint density at radius 1 is 1.22 bits per heavy atom. The number of hydrogen-bond acceptors (Lipinski definition) is 6. The summed E-state index contributed by atoms with van der Waals surface area (Å²) in [6.07, 6.45) is 1.76. The highest BCUT2D eigenvalue weighted by Crippen LogP contribution is 2.31. The highest BCUT2D eigenvalue weighted by atomic mass is 16.3. The summed E-state index contributed by atoms with van der Waals surface area (Å²) in [4.78, 5) is 39.5. The molecule has 146 valence electrons. The lowest BCUT2D eigenvalue weighted by molar-refractivity contribution is -0.136. The number of phenolic OH excluding ortho intramolecular Hbond substituents is 1. The van der Waals surface area contributed by atoms with Gasteiger partial charge in [0.25, 0.3) is 17.7 Å². The lowest BCUT2D eigenvalue weighted by Crippen LogP contribution is -2.33. The van der Waals surface area contributed by atoms with E-state index in [1.165, 1.54) is 24.1 Å². The van der Waals surface area contributed by atoms with Crippen LogP contribution in [0.4, 0.5) is 5.69 Å². The molecule has 27 heavy (non-hydrogen) atoms. The monoisotopic (exact) mass is 374 g/mol. The minimum absolute atomic E-state index is 0.000278. The number of amides is 3. The van der Waals surface area contributed by atoms with Crippen molar-refractivity contribution in [2.75, 3.05) is 26.5 Å². The second kappa shape index (κ2) is 8.11. The molecule has 0 bridgehead atoms. The smallest absolute Gasteiger partial charge is 0.279 e. The molecular weight excluding hydrogens is 348 g/mol. The van der Waals surface area contributed by atoms with Gasteiger partial charge in [-0.05, 0) is 25.5 Å². The third kappa shape index (κ3) is 4.05. The molecule has 1 heterocycles.